The molecule has 1 aliphatic heterocycles. The van der Waals surface area contributed by atoms with Gasteiger partial charge in [0.15, 0.2) is 0 Å². The monoisotopic (exact) mass is 515 g/mol. The van der Waals surface area contributed by atoms with Gasteiger partial charge in [-0.1, -0.05) is 30.3 Å². The van der Waals surface area contributed by atoms with Crippen molar-refractivity contribution in [2.45, 2.75) is 39.2 Å². The first-order valence-electron chi connectivity index (χ1n) is 12.6. The molecule has 0 saturated carbocycles. The van der Waals surface area contributed by atoms with E-state index >= 15 is 0 Å². The highest BCUT2D eigenvalue weighted by Crippen LogP contribution is 2.38. The van der Waals surface area contributed by atoms with Crippen LogP contribution in [0.25, 0.3) is 0 Å². The molecule has 1 aromatic heterocycles. The van der Waals surface area contributed by atoms with Gasteiger partial charge in [0.25, 0.3) is 5.91 Å². The molecular formula is C30H30FN3O4. The van der Waals surface area contributed by atoms with Crippen molar-refractivity contribution >= 4 is 17.8 Å². The predicted molar refractivity (Wildman–Crippen MR) is 140 cm³/mol. The summed E-state index contributed by atoms with van der Waals surface area (Å²) in [4.78, 5) is 44.7. The van der Waals surface area contributed by atoms with Gasteiger partial charge < -0.3 is 15.0 Å². The molecule has 38 heavy (non-hydrogen) atoms. The molecule has 2 amide bonds. The second kappa shape index (κ2) is 12.3. The quantitative estimate of drug-likeness (QED) is 0.423. The lowest BCUT2D eigenvalue weighted by Gasteiger charge is -2.34. The molecule has 3 aromatic rings. The second-order valence-corrected chi connectivity index (χ2v) is 9.04. The summed E-state index contributed by atoms with van der Waals surface area (Å²) in [5.74, 6) is -2.00. The van der Waals surface area contributed by atoms with Crippen molar-refractivity contribution in [2.75, 3.05) is 13.2 Å². The van der Waals surface area contributed by atoms with E-state index in [1.165, 1.54) is 17.0 Å². The number of amides is 2. The summed E-state index contributed by atoms with van der Waals surface area (Å²) in [6.45, 7) is 4.21. The molecule has 8 heteroatoms. The van der Waals surface area contributed by atoms with Gasteiger partial charge in [-0.05, 0) is 61.4 Å². The molecule has 0 saturated heterocycles. The Kier molecular flexibility index (Phi) is 8.63. The maximum Gasteiger partial charge on any atom is 0.336 e. The average Bonchev–Trinajstić information content (AvgIpc) is 2.91. The molecular weight excluding hydrogens is 485 g/mol. The van der Waals surface area contributed by atoms with Gasteiger partial charge in [-0.15, -0.1) is 0 Å². The van der Waals surface area contributed by atoms with Gasteiger partial charge in [0, 0.05) is 48.5 Å². The highest BCUT2D eigenvalue weighted by molar-refractivity contribution is 5.96. The molecule has 1 atom stereocenters. The third-order valence-corrected chi connectivity index (χ3v) is 6.49. The van der Waals surface area contributed by atoms with Crippen molar-refractivity contribution in [1.82, 2.24) is 15.2 Å². The summed E-state index contributed by atoms with van der Waals surface area (Å²) in [6.07, 6.45) is 2.33. The van der Waals surface area contributed by atoms with E-state index in [1.54, 1.807) is 50.4 Å². The maximum absolute atomic E-state index is 14.0. The van der Waals surface area contributed by atoms with Crippen LogP contribution >= 0.6 is 0 Å². The number of hydrogen-bond acceptors (Lipinski definition) is 5. The summed E-state index contributed by atoms with van der Waals surface area (Å²) < 4.78 is 19.3. The Hall–Kier alpha value is -4.33. The minimum absolute atomic E-state index is 0.00262. The fourth-order valence-electron chi connectivity index (χ4n) is 4.63. The fourth-order valence-corrected chi connectivity index (χ4v) is 4.63. The number of ether oxygens (including phenoxy) is 1. The zero-order chi connectivity index (χ0) is 27.1. The smallest absolute Gasteiger partial charge is 0.336 e. The van der Waals surface area contributed by atoms with Crippen LogP contribution in [0, 0.1) is 5.82 Å². The highest BCUT2D eigenvalue weighted by Gasteiger charge is 2.37. The maximum atomic E-state index is 14.0. The average molecular weight is 516 g/mol. The Morgan fingerprint density at radius 3 is 2.66 bits per heavy atom. The number of benzene rings is 2. The summed E-state index contributed by atoms with van der Waals surface area (Å²) in [7, 11) is 0. The summed E-state index contributed by atoms with van der Waals surface area (Å²) in [5, 5.41) is 2.90. The number of rotatable bonds is 9. The molecule has 0 radical (unpaired) electrons. The zero-order valence-electron chi connectivity index (χ0n) is 21.4. The van der Waals surface area contributed by atoms with Gasteiger partial charge in [0.2, 0.25) is 5.91 Å². The Labute approximate surface area is 221 Å². The molecule has 1 unspecified atom stereocenters. The number of aromatic nitrogens is 1. The van der Waals surface area contributed by atoms with E-state index in [9.17, 15) is 18.8 Å². The lowest BCUT2D eigenvalue weighted by Crippen LogP contribution is -2.38. The number of allylic oxidation sites excluding steroid dienone is 1. The fraction of sp³-hybridized carbons (Fsp3) is 0.267. The number of esters is 1. The molecule has 7 nitrogen and oxygen atoms in total. The molecule has 0 bridgehead atoms. The first-order chi connectivity index (χ1) is 18.4. The van der Waals surface area contributed by atoms with Gasteiger partial charge in [0.1, 0.15) is 5.82 Å². The summed E-state index contributed by atoms with van der Waals surface area (Å²) in [6, 6.07) is 18.6. The zero-order valence-corrected chi connectivity index (χ0v) is 21.4. The van der Waals surface area contributed by atoms with Crippen LogP contribution in [-0.2, 0) is 27.3 Å². The van der Waals surface area contributed by atoms with E-state index in [0.29, 0.717) is 35.4 Å². The van der Waals surface area contributed by atoms with Crippen LogP contribution in [0.5, 0.6) is 0 Å². The summed E-state index contributed by atoms with van der Waals surface area (Å²) in [5.41, 5.74) is 3.44. The van der Waals surface area contributed by atoms with E-state index in [2.05, 4.69) is 10.3 Å². The number of carbonyl (C=O) groups is 3. The minimum atomic E-state index is -0.607. The Bertz CT molecular complexity index is 1360. The van der Waals surface area contributed by atoms with E-state index in [1.807, 2.05) is 24.3 Å². The van der Waals surface area contributed by atoms with Crippen LogP contribution in [0.3, 0.4) is 0 Å². The number of pyridine rings is 1. The standard InChI is InChI=1S/C30H30FN3O4/c1-3-38-30(37)28-20(2)34(27(35)18-26(28)22-9-7-11-24(31)17-22)19-21-8-6-10-23(16-21)29(36)33-15-13-25-12-4-5-14-32-25/h4-12,14,16-17,26H,3,13,15,18-19H2,1-2H3,(H,33,36). The molecule has 1 aliphatic rings. The topological polar surface area (TPSA) is 88.6 Å². The van der Waals surface area contributed by atoms with Gasteiger partial charge >= 0.3 is 5.97 Å². The number of hydrogen-bond donors (Lipinski definition) is 1. The molecule has 4 rings (SSSR count). The number of nitrogens with one attached hydrogen (secondary N) is 1. The third kappa shape index (κ3) is 6.32. The SMILES string of the molecule is CCOC(=O)C1=C(C)N(Cc2cccc(C(=O)NCCc3ccccn3)c2)C(=O)CC1c1cccc(F)c1. The lowest BCUT2D eigenvalue weighted by atomic mass is 9.83. The molecule has 0 fully saturated rings. The van der Waals surface area contributed by atoms with E-state index < -0.39 is 17.7 Å². The Balaban J connectivity index is 1.53. The van der Waals surface area contributed by atoms with Crippen LogP contribution in [0.1, 0.15) is 53.4 Å². The van der Waals surface area contributed by atoms with Crippen LogP contribution in [-0.4, -0.2) is 40.8 Å². The Morgan fingerprint density at radius 2 is 1.92 bits per heavy atom. The number of nitrogens with zero attached hydrogens (tertiary/aromatic N) is 2. The van der Waals surface area contributed by atoms with Crippen molar-refractivity contribution < 1.29 is 23.5 Å². The van der Waals surface area contributed by atoms with Crippen molar-refractivity contribution in [2.24, 2.45) is 0 Å². The molecule has 2 aromatic carbocycles. The first-order valence-corrected chi connectivity index (χ1v) is 12.6. The van der Waals surface area contributed by atoms with Crippen molar-refractivity contribution in [3.05, 3.63) is 112 Å². The second-order valence-electron chi connectivity index (χ2n) is 9.04. The van der Waals surface area contributed by atoms with E-state index in [-0.39, 0.29) is 31.4 Å². The van der Waals surface area contributed by atoms with Gasteiger partial charge in [-0.2, -0.15) is 0 Å². The summed E-state index contributed by atoms with van der Waals surface area (Å²) >= 11 is 0. The normalized spacial score (nSPS) is 15.4. The van der Waals surface area contributed by atoms with E-state index in [4.69, 9.17) is 4.74 Å². The predicted octanol–water partition coefficient (Wildman–Crippen LogP) is 4.55. The van der Waals surface area contributed by atoms with E-state index in [0.717, 1.165) is 11.3 Å². The number of carbonyl (C=O) groups excluding carboxylic acids is 3. The van der Waals surface area contributed by atoms with Crippen molar-refractivity contribution in [1.29, 1.82) is 0 Å². The van der Waals surface area contributed by atoms with Crippen molar-refractivity contribution in [3.8, 4) is 0 Å². The molecule has 0 aliphatic carbocycles. The van der Waals surface area contributed by atoms with Gasteiger partial charge in [-0.3, -0.25) is 14.6 Å². The molecule has 196 valence electrons. The largest absolute Gasteiger partial charge is 0.463 e. The first kappa shape index (κ1) is 26.7. The number of halogens is 1. The van der Waals surface area contributed by atoms with Crippen molar-refractivity contribution in [3.63, 3.8) is 0 Å². The molecule has 2 heterocycles. The Morgan fingerprint density at radius 1 is 1.11 bits per heavy atom. The lowest BCUT2D eigenvalue weighted by molar-refractivity contribution is -0.140. The third-order valence-electron chi connectivity index (χ3n) is 6.49. The molecule has 0 spiro atoms. The van der Waals surface area contributed by atoms with Gasteiger partial charge in [0.05, 0.1) is 18.7 Å². The van der Waals surface area contributed by atoms with Gasteiger partial charge in [-0.25, -0.2) is 9.18 Å². The highest BCUT2D eigenvalue weighted by atomic mass is 19.1. The molecule has 1 N–H and O–H groups in total. The van der Waals surface area contributed by atoms with Crippen LogP contribution in [0.4, 0.5) is 4.39 Å². The van der Waals surface area contributed by atoms with Crippen LogP contribution < -0.4 is 5.32 Å². The van der Waals surface area contributed by atoms with Crippen LogP contribution in [0.2, 0.25) is 0 Å². The minimum Gasteiger partial charge on any atom is -0.463 e. The van der Waals surface area contributed by atoms with Crippen LogP contribution in [0.15, 0.2) is 84.2 Å².